The molecular weight excluding hydrogens is 301 g/mol. The summed E-state index contributed by atoms with van der Waals surface area (Å²) in [6, 6.07) is 5.43. The van der Waals surface area contributed by atoms with E-state index in [-0.39, 0.29) is 0 Å². The number of nitrogens with one attached hydrogen (secondary N) is 1. The maximum Gasteiger partial charge on any atom is 0.144 e. The Labute approximate surface area is 126 Å². The summed E-state index contributed by atoms with van der Waals surface area (Å²) in [6.07, 6.45) is 3.50. The summed E-state index contributed by atoms with van der Waals surface area (Å²) < 4.78 is 0. The zero-order valence-electron chi connectivity index (χ0n) is 10.4. The first kappa shape index (κ1) is 14.4. The molecule has 0 aliphatic rings. The molecule has 3 nitrogen and oxygen atoms in total. The minimum Gasteiger partial charge on any atom is -0.369 e. The lowest BCUT2D eigenvalue weighted by Gasteiger charge is -2.05. The number of benzene rings is 1. The second-order valence-electron chi connectivity index (χ2n) is 3.79. The van der Waals surface area contributed by atoms with E-state index in [1.807, 2.05) is 13.0 Å². The molecule has 0 aliphatic carbocycles. The summed E-state index contributed by atoms with van der Waals surface area (Å²) in [5, 5.41) is 4.49. The van der Waals surface area contributed by atoms with E-state index in [0.29, 0.717) is 15.8 Å². The van der Waals surface area contributed by atoms with Gasteiger partial charge in [-0.2, -0.15) is 0 Å². The molecule has 1 aromatic carbocycles. The summed E-state index contributed by atoms with van der Waals surface area (Å²) in [5.41, 5.74) is 0.905. The Morgan fingerprint density at radius 1 is 1.21 bits per heavy atom. The van der Waals surface area contributed by atoms with Crippen LogP contribution in [0.1, 0.15) is 12.6 Å². The van der Waals surface area contributed by atoms with Gasteiger partial charge in [-0.05, 0) is 25.1 Å². The predicted molar refractivity (Wildman–Crippen MR) is 82.2 cm³/mol. The molecule has 0 amide bonds. The normalized spacial score (nSPS) is 10.5. The van der Waals surface area contributed by atoms with E-state index in [0.717, 1.165) is 23.0 Å². The fraction of sp³-hybridized carbons (Fsp3) is 0.231. The van der Waals surface area contributed by atoms with Gasteiger partial charge in [-0.15, -0.1) is 11.8 Å². The maximum atomic E-state index is 6.10. The van der Waals surface area contributed by atoms with Crippen molar-refractivity contribution >= 4 is 40.8 Å². The molecule has 0 spiro atoms. The van der Waals surface area contributed by atoms with Crippen LogP contribution in [0.25, 0.3) is 0 Å². The second-order valence-corrected chi connectivity index (χ2v) is 5.65. The van der Waals surface area contributed by atoms with E-state index >= 15 is 0 Å². The number of anilines is 1. The van der Waals surface area contributed by atoms with Crippen LogP contribution in [0.5, 0.6) is 0 Å². The van der Waals surface area contributed by atoms with Gasteiger partial charge in [0.2, 0.25) is 0 Å². The van der Waals surface area contributed by atoms with E-state index in [2.05, 4.69) is 15.3 Å². The van der Waals surface area contributed by atoms with Gasteiger partial charge in [0.15, 0.2) is 0 Å². The van der Waals surface area contributed by atoms with Crippen molar-refractivity contribution in [3.63, 3.8) is 0 Å². The van der Waals surface area contributed by atoms with Crippen molar-refractivity contribution in [2.75, 3.05) is 11.9 Å². The summed E-state index contributed by atoms with van der Waals surface area (Å²) in [7, 11) is 0. The van der Waals surface area contributed by atoms with Crippen LogP contribution >= 0.6 is 35.0 Å². The lowest BCUT2D eigenvalue weighted by molar-refractivity contribution is 1.07. The highest BCUT2D eigenvalue weighted by Crippen LogP contribution is 2.31. The molecule has 2 aromatic rings. The number of rotatable bonds is 5. The molecule has 6 heteroatoms. The predicted octanol–water partition coefficient (Wildman–Crippen LogP) is 4.51. The molecule has 0 radical (unpaired) electrons. The molecule has 1 aromatic heterocycles. The average molecular weight is 314 g/mol. The topological polar surface area (TPSA) is 37.8 Å². The fourth-order valence-corrected chi connectivity index (χ4v) is 2.83. The first-order valence-electron chi connectivity index (χ1n) is 5.81. The molecule has 0 bridgehead atoms. The number of thioether (sulfide) groups is 1. The molecule has 0 atom stereocenters. The molecule has 0 saturated carbocycles. The van der Waals surface area contributed by atoms with E-state index in [9.17, 15) is 0 Å². The fourth-order valence-electron chi connectivity index (χ4n) is 1.44. The third-order valence-electron chi connectivity index (χ3n) is 2.33. The number of aromatic nitrogens is 2. The largest absolute Gasteiger partial charge is 0.369 e. The second kappa shape index (κ2) is 6.98. The minimum absolute atomic E-state index is 0.681. The molecular formula is C13H13Cl2N3S. The highest BCUT2D eigenvalue weighted by molar-refractivity contribution is 7.98. The van der Waals surface area contributed by atoms with Gasteiger partial charge in [0.05, 0.1) is 23.1 Å². The smallest absolute Gasteiger partial charge is 0.144 e. The Bertz CT molecular complexity index is 546. The van der Waals surface area contributed by atoms with E-state index in [4.69, 9.17) is 23.2 Å². The molecule has 1 N–H and O–H groups in total. The minimum atomic E-state index is 0.681. The third-order valence-corrected chi connectivity index (χ3v) is 4.10. The Morgan fingerprint density at radius 2 is 2.05 bits per heavy atom. The quantitative estimate of drug-likeness (QED) is 0.824. The van der Waals surface area contributed by atoms with Crippen LogP contribution in [-0.2, 0) is 5.75 Å². The molecule has 19 heavy (non-hydrogen) atoms. The zero-order valence-corrected chi connectivity index (χ0v) is 12.7. The third kappa shape index (κ3) is 4.27. The molecule has 0 saturated heterocycles. The lowest BCUT2D eigenvalue weighted by Crippen LogP contribution is -2.00. The molecule has 0 unspecified atom stereocenters. The lowest BCUT2D eigenvalue weighted by atomic mass is 10.4. The summed E-state index contributed by atoms with van der Waals surface area (Å²) in [4.78, 5) is 9.57. The molecule has 2 rings (SSSR count). The Balaban J connectivity index is 2.00. The maximum absolute atomic E-state index is 6.10. The number of halogens is 2. The van der Waals surface area contributed by atoms with Crippen LogP contribution in [0.2, 0.25) is 10.0 Å². The Kier molecular flexibility index (Phi) is 5.31. The van der Waals surface area contributed by atoms with Crippen molar-refractivity contribution in [2.24, 2.45) is 0 Å². The highest BCUT2D eigenvalue weighted by atomic mass is 35.5. The number of nitrogens with zero attached hydrogens (tertiary/aromatic N) is 2. The Hall–Kier alpha value is -0.970. The zero-order chi connectivity index (χ0) is 13.7. The van der Waals surface area contributed by atoms with E-state index in [1.165, 1.54) is 0 Å². The van der Waals surface area contributed by atoms with Crippen molar-refractivity contribution in [3.05, 3.63) is 46.3 Å². The van der Waals surface area contributed by atoms with Gasteiger partial charge < -0.3 is 5.32 Å². The van der Waals surface area contributed by atoms with Crippen molar-refractivity contribution in [1.82, 2.24) is 9.97 Å². The molecule has 0 fully saturated rings. The van der Waals surface area contributed by atoms with Gasteiger partial charge in [0.25, 0.3) is 0 Å². The first-order valence-corrected chi connectivity index (χ1v) is 7.56. The van der Waals surface area contributed by atoms with Gasteiger partial charge in [-0.1, -0.05) is 23.2 Å². The summed E-state index contributed by atoms with van der Waals surface area (Å²) >= 11 is 13.6. The standard InChI is InChI=1S/C13H13Cl2N3S/c1-2-16-13-7-17-10(6-18-13)8-19-12-5-9(14)3-4-11(12)15/h3-7H,2,8H2,1H3,(H,16,18). The number of hydrogen-bond acceptors (Lipinski definition) is 4. The van der Waals surface area contributed by atoms with Crippen LogP contribution in [0.15, 0.2) is 35.5 Å². The van der Waals surface area contributed by atoms with Gasteiger partial charge in [0.1, 0.15) is 5.82 Å². The van der Waals surface area contributed by atoms with Crippen LogP contribution < -0.4 is 5.32 Å². The molecule has 0 aliphatic heterocycles. The van der Waals surface area contributed by atoms with Crippen LogP contribution in [0, 0.1) is 0 Å². The van der Waals surface area contributed by atoms with Gasteiger partial charge in [-0.3, -0.25) is 4.98 Å². The van der Waals surface area contributed by atoms with Crippen LogP contribution in [0.3, 0.4) is 0 Å². The monoisotopic (exact) mass is 313 g/mol. The van der Waals surface area contributed by atoms with Gasteiger partial charge >= 0.3 is 0 Å². The molecule has 1 heterocycles. The van der Waals surface area contributed by atoms with Gasteiger partial charge in [-0.25, -0.2) is 4.98 Å². The number of hydrogen-bond donors (Lipinski definition) is 1. The highest BCUT2D eigenvalue weighted by Gasteiger charge is 2.04. The molecule has 100 valence electrons. The Morgan fingerprint density at radius 3 is 2.74 bits per heavy atom. The van der Waals surface area contributed by atoms with Crippen LogP contribution in [-0.4, -0.2) is 16.5 Å². The van der Waals surface area contributed by atoms with Crippen molar-refractivity contribution < 1.29 is 0 Å². The SMILES string of the molecule is CCNc1cnc(CSc2cc(Cl)ccc2Cl)cn1. The van der Waals surface area contributed by atoms with Crippen molar-refractivity contribution in [2.45, 2.75) is 17.6 Å². The summed E-state index contributed by atoms with van der Waals surface area (Å²) in [6.45, 7) is 2.85. The van der Waals surface area contributed by atoms with Gasteiger partial charge in [0, 0.05) is 22.2 Å². The van der Waals surface area contributed by atoms with Crippen LogP contribution in [0.4, 0.5) is 5.82 Å². The van der Waals surface area contributed by atoms with Crippen molar-refractivity contribution in [1.29, 1.82) is 0 Å². The van der Waals surface area contributed by atoms with Crippen molar-refractivity contribution in [3.8, 4) is 0 Å². The first-order chi connectivity index (χ1) is 9.19. The van der Waals surface area contributed by atoms with E-state index in [1.54, 1.807) is 36.3 Å². The summed E-state index contributed by atoms with van der Waals surface area (Å²) in [5.74, 6) is 1.50. The average Bonchev–Trinajstić information content (AvgIpc) is 2.42. The van der Waals surface area contributed by atoms with E-state index < -0.39 is 0 Å².